The summed E-state index contributed by atoms with van der Waals surface area (Å²) in [6, 6.07) is 9.31. The Hall–Kier alpha value is -1.88. The first-order chi connectivity index (χ1) is 13.5. The maximum absolute atomic E-state index is 13.7. The number of thiazole rings is 2. The van der Waals surface area contributed by atoms with Crippen LogP contribution in [0.3, 0.4) is 0 Å². The quantitative estimate of drug-likeness (QED) is 0.351. The zero-order chi connectivity index (χ0) is 19.7. The van der Waals surface area contributed by atoms with E-state index < -0.39 is 11.6 Å². The minimum atomic E-state index is -0.424. The molecule has 28 heavy (non-hydrogen) atoms. The van der Waals surface area contributed by atoms with E-state index in [-0.39, 0.29) is 34.1 Å². The van der Waals surface area contributed by atoms with E-state index in [0.717, 1.165) is 23.5 Å². The number of nitrogens with zero attached hydrogens (tertiary/aromatic N) is 2. The Bertz CT molecular complexity index is 1110. The number of carbonyl (C=O) groups is 2. The molecule has 4 aromatic rings. The molecule has 4 nitrogen and oxygen atoms in total. The van der Waals surface area contributed by atoms with Crippen LogP contribution in [0.4, 0.5) is 8.78 Å². The topological polar surface area (TPSA) is 59.9 Å². The Morgan fingerprint density at radius 1 is 0.786 bits per heavy atom. The van der Waals surface area contributed by atoms with Crippen LogP contribution in [0.5, 0.6) is 0 Å². The minimum Gasteiger partial charge on any atom is -0.287 e. The summed E-state index contributed by atoms with van der Waals surface area (Å²) < 4.78 is 29.6. The molecule has 2 aromatic carbocycles. The van der Waals surface area contributed by atoms with Crippen LogP contribution in [-0.4, -0.2) is 20.2 Å². The van der Waals surface area contributed by atoms with Crippen LogP contribution >= 0.6 is 46.2 Å². The van der Waals surface area contributed by atoms with Crippen LogP contribution in [0, 0.1) is 11.6 Å². The highest BCUT2D eigenvalue weighted by Crippen LogP contribution is 2.34. The van der Waals surface area contributed by atoms with Gasteiger partial charge in [-0.15, -0.1) is 22.7 Å². The predicted molar refractivity (Wildman–Crippen MR) is 110 cm³/mol. The number of benzene rings is 2. The molecule has 0 aliphatic rings. The summed E-state index contributed by atoms with van der Waals surface area (Å²) in [6.07, 6.45) is 0.0718. The van der Waals surface area contributed by atoms with Crippen LogP contribution < -0.4 is 0 Å². The molecule has 0 radical (unpaired) electrons. The summed E-state index contributed by atoms with van der Waals surface area (Å²) >= 11 is 4.29. The van der Waals surface area contributed by atoms with E-state index >= 15 is 0 Å². The monoisotopic (exact) mass is 452 g/mol. The summed E-state index contributed by atoms with van der Waals surface area (Å²) in [6.45, 7) is 0. The van der Waals surface area contributed by atoms with E-state index in [4.69, 9.17) is 0 Å². The van der Waals surface area contributed by atoms with Gasteiger partial charge in [0, 0.05) is 12.8 Å². The van der Waals surface area contributed by atoms with Crippen molar-refractivity contribution in [1.29, 1.82) is 0 Å². The summed E-state index contributed by atoms with van der Waals surface area (Å²) in [5.41, 5.74) is 0.495. The molecule has 0 fully saturated rings. The molecule has 0 N–H and O–H groups in total. The van der Waals surface area contributed by atoms with Gasteiger partial charge >= 0.3 is 0 Å². The Kier molecular flexibility index (Phi) is 5.72. The summed E-state index contributed by atoms with van der Waals surface area (Å²) in [4.78, 5) is 32.5. The predicted octanol–water partition coefficient (Wildman–Crippen LogP) is 5.90. The molecule has 0 bridgehead atoms. The molecule has 0 spiro atoms. The number of fused-ring (bicyclic) bond motifs is 2. The van der Waals surface area contributed by atoms with Crippen LogP contribution in [0.15, 0.2) is 45.1 Å². The fourth-order valence-electron chi connectivity index (χ4n) is 2.38. The number of carbonyl (C=O) groups excluding carboxylic acids is 2. The SMILES string of the molecule is O=C(CCC(=O)Sc1nc2c(F)cccc2s1)Sc1nc2c(F)cccc2s1. The van der Waals surface area contributed by atoms with Gasteiger partial charge in [-0.1, -0.05) is 12.1 Å². The second-order valence-electron chi connectivity index (χ2n) is 5.58. The van der Waals surface area contributed by atoms with Crippen molar-refractivity contribution in [2.24, 2.45) is 0 Å². The molecule has 0 saturated heterocycles. The number of para-hydroxylation sites is 2. The second kappa shape index (κ2) is 8.24. The zero-order valence-corrected chi connectivity index (χ0v) is 17.2. The number of rotatable bonds is 5. The van der Waals surface area contributed by atoms with Gasteiger partial charge in [0.25, 0.3) is 0 Å². The van der Waals surface area contributed by atoms with E-state index in [1.807, 2.05) is 0 Å². The lowest BCUT2D eigenvalue weighted by atomic mass is 10.3. The van der Waals surface area contributed by atoms with Crippen LogP contribution in [0.2, 0.25) is 0 Å². The maximum Gasteiger partial charge on any atom is 0.196 e. The van der Waals surface area contributed by atoms with Crippen LogP contribution in [0.1, 0.15) is 12.8 Å². The fourth-order valence-corrected chi connectivity index (χ4v) is 6.30. The lowest BCUT2D eigenvalue weighted by Crippen LogP contribution is -1.97. The Morgan fingerprint density at radius 3 is 1.61 bits per heavy atom. The minimum absolute atomic E-state index is 0.0359. The normalized spacial score (nSPS) is 11.4. The third-order valence-electron chi connectivity index (χ3n) is 3.64. The smallest absolute Gasteiger partial charge is 0.196 e. The van der Waals surface area contributed by atoms with Crippen LogP contribution in [0.25, 0.3) is 20.4 Å². The van der Waals surface area contributed by atoms with Gasteiger partial charge in [-0.2, -0.15) is 0 Å². The molecule has 0 aliphatic heterocycles. The van der Waals surface area contributed by atoms with Gasteiger partial charge in [0.2, 0.25) is 0 Å². The van der Waals surface area contributed by atoms with Crippen molar-refractivity contribution in [2.75, 3.05) is 0 Å². The van der Waals surface area contributed by atoms with Gasteiger partial charge in [-0.05, 0) is 47.8 Å². The van der Waals surface area contributed by atoms with E-state index in [9.17, 15) is 18.4 Å². The molecule has 0 saturated carbocycles. The first-order valence-corrected chi connectivity index (χ1v) is 11.3. The third-order valence-corrected chi connectivity index (χ3v) is 7.66. The highest BCUT2D eigenvalue weighted by atomic mass is 32.2. The van der Waals surface area contributed by atoms with Gasteiger partial charge in [0.05, 0.1) is 9.40 Å². The van der Waals surface area contributed by atoms with Gasteiger partial charge in [0.1, 0.15) is 22.7 Å². The molecular formula is C18H10F2N2O2S4. The fraction of sp³-hybridized carbons (Fsp3) is 0.111. The van der Waals surface area contributed by atoms with Gasteiger partial charge < -0.3 is 0 Å². The number of aromatic nitrogens is 2. The lowest BCUT2D eigenvalue weighted by molar-refractivity contribution is -0.115. The van der Waals surface area contributed by atoms with Crippen molar-refractivity contribution in [1.82, 2.24) is 9.97 Å². The van der Waals surface area contributed by atoms with Crippen molar-refractivity contribution in [3.8, 4) is 0 Å². The number of hydrogen-bond donors (Lipinski definition) is 0. The third kappa shape index (κ3) is 4.24. The van der Waals surface area contributed by atoms with Gasteiger partial charge in [-0.3, -0.25) is 9.59 Å². The van der Waals surface area contributed by atoms with Crippen molar-refractivity contribution in [2.45, 2.75) is 21.5 Å². The first-order valence-electron chi connectivity index (χ1n) is 8.01. The Morgan fingerprint density at radius 2 is 1.21 bits per heavy atom. The molecule has 142 valence electrons. The van der Waals surface area contributed by atoms with E-state index in [0.29, 0.717) is 18.1 Å². The first kappa shape index (κ1) is 19.4. The molecule has 4 rings (SSSR count). The van der Waals surface area contributed by atoms with Crippen molar-refractivity contribution in [3.05, 3.63) is 48.0 Å². The van der Waals surface area contributed by atoms with Crippen molar-refractivity contribution < 1.29 is 18.4 Å². The summed E-state index contributed by atoms with van der Waals surface area (Å²) in [5, 5.41) is -0.437. The van der Waals surface area contributed by atoms with E-state index in [1.165, 1.54) is 34.8 Å². The largest absolute Gasteiger partial charge is 0.287 e. The van der Waals surface area contributed by atoms with E-state index in [1.54, 1.807) is 24.3 Å². The summed E-state index contributed by atoms with van der Waals surface area (Å²) in [5.74, 6) is -0.848. The number of hydrogen-bond acceptors (Lipinski definition) is 8. The second-order valence-corrected chi connectivity index (χ2v) is 10.3. The van der Waals surface area contributed by atoms with Crippen molar-refractivity contribution >= 4 is 76.9 Å². The number of halogens is 2. The van der Waals surface area contributed by atoms with Crippen LogP contribution in [-0.2, 0) is 9.59 Å². The van der Waals surface area contributed by atoms with Gasteiger partial charge in [0.15, 0.2) is 18.9 Å². The lowest BCUT2D eigenvalue weighted by Gasteiger charge is -1.97. The molecule has 2 heterocycles. The molecule has 2 aromatic heterocycles. The standard InChI is InChI=1S/C18H10F2N2O2S4/c19-9-3-1-5-11-15(9)21-17(25-11)27-13(23)7-8-14(24)28-18-22-16-10(20)4-2-6-12(16)26-18/h1-6H,7-8H2. The highest BCUT2D eigenvalue weighted by Gasteiger charge is 2.16. The average Bonchev–Trinajstić information content (AvgIpc) is 3.25. The molecule has 10 heteroatoms. The molecule has 0 amide bonds. The zero-order valence-electron chi connectivity index (χ0n) is 14.0. The average molecular weight is 453 g/mol. The Balaban J connectivity index is 1.33. The summed E-state index contributed by atoms with van der Waals surface area (Å²) in [7, 11) is 0. The van der Waals surface area contributed by atoms with Gasteiger partial charge in [-0.25, -0.2) is 18.7 Å². The highest BCUT2D eigenvalue weighted by molar-refractivity contribution is 8.15. The maximum atomic E-state index is 13.7. The number of thioether (sulfide) groups is 2. The van der Waals surface area contributed by atoms with E-state index in [2.05, 4.69) is 9.97 Å². The molecule has 0 unspecified atom stereocenters. The molecule has 0 atom stereocenters. The Labute approximate surface area is 174 Å². The molecule has 0 aliphatic carbocycles. The van der Waals surface area contributed by atoms with Crippen molar-refractivity contribution in [3.63, 3.8) is 0 Å². The molecular weight excluding hydrogens is 442 g/mol.